The molecule has 0 N–H and O–H groups in total. The van der Waals surface area contributed by atoms with Crippen molar-refractivity contribution in [1.29, 1.82) is 0 Å². The Bertz CT molecular complexity index is 1100. The largest absolute Gasteiger partial charge is 0.342 e. The van der Waals surface area contributed by atoms with Crippen molar-refractivity contribution in [3.8, 4) is 0 Å². The van der Waals surface area contributed by atoms with Gasteiger partial charge in [0.2, 0.25) is 5.95 Å². The maximum absolute atomic E-state index is 12.9. The first-order valence-electron chi connectivity index (χ1n) is 8.94. The van der Waals surface area contributed by atoms with E-state index in [0.717, 1.165) is 42.0 Å². The molecule has 3 heterocycles. The Morgan fingerprint density at radius 1 is 1.08 bits per heavy atom. The lowest BCUT2D eigenvalue weighted by molar-refractivity contribution is 0.701. The molecule has 0 amide bonds. The molecule has 0 saturated carbocycles. The lowest BCUT2D eigenvalue weighted by Gasteiger charge is -2.18. The van der Waals surface area contributed by atoms with Crippen LogP contribution in [0.4, 0.5) is 5.95 Å². The summed E-state index contributed by atoms with van der Waals surface area (Å²) in [6.45, 7) is 4.45. The molecule has 7 nitrogen and oxygen atoms in total. The van der Waals surface area contributed by atoms with E-state index in [4.69, 9.17) is 4.98 Å². The van der Waals surface area contributed by atoms with E-state index < -0.39 is 0 Å². The Balaban J connectivity index is 1.99. The molecule has 26 heavy (non-hydrogen) atoms. The van der Waals surface area contributed by atoms with Crippen LogP contribution in [0.15, 0.2) is 33.9 Å². The molecule has 1 fully saturated rings. The molecule has 0 bridgehead atoms. The average molecular weight is 353 g/mol. The van der Waals surface area contributed by atoms with E-state index >= 15 is 0 Å². The van der Waals surface area contributed by atoms with Crippen LogP contribution in [0.5, 0.6) is 0 Å². The molecule has 3 aromatic rings. The van der Waals surface area contributed by atoms with E-state index in [1.165, 1.54) is 17.2 Å². The Morgan fingerprint density at radius 3 is 2.50 bits per heavy atom. The third-order valence-electron chi connectivity index (χ3n) is 5.14. The molecular formula is C19H23N5O2. The molecule has 0 unspecified atom stereocenters. The van der Waals surface area contributed by atoms with Crippen molar-refractivity contribution in [2.75, 3.05) is 18.0 Å². The Hall–Kier alpha value is -2.83. The van der Waals surface area contributed by atoms with Gasteiger partial charge in [0.05, 0.1) is 6.54 Å². The van der Waals surface area contributed by atoms with Gasteiger partial charge in [-0.05, 0) is 25.3 Å². The predicted octanol–water partition coefficient (Wildman–Crippen LogP) is 1.39. The zero-order chi connectivity index (χ0) is 18.4. The molecule has 0 radical (unpaired) electrons. The lowest BCUT2D eigenvalue weighted by Crippen LogP contribution is -2.37. The number of aromatic nitrogens is 4. The molecular weight excluding hydrogens is 330 g/mol. The summed E-state index contributed by atoms with van der Waals surface area (Å²) < 4.78 is 4.59. The van der Waals surface area contributed by atoms with Gasteiger partial charge in [-0.15, -0.1) is 0 Å². The topological polar surface area (TPSA) is 65.1 Å². The minimum absolute atomic E-state index is 0.297. The van der Waals surface area contributed by atoms with Crippen LogP contribution >= 0.6 is 0 Å². The van der Waals surface area contributed by atoms with E-state index in [0.29, 0.717) is 17.7 Å². The summed E-state index contributed by atoms with van der Waals surface area (Å²) in [5, 5.41) is 0. The number of rotatable bonds is 3. The van der Waals surface area contributed by atoms with Crippen LogP contribution in [0.1, 0.15) is 24.0 Å². The average Bonchev–Trinajstić information content (AvgIpc) is 3.26. The van der Waals surface area contributed by atoms with Crippen LogP contribution in [0.2, 0.25) is 0 Å². The van der Waals surface area contributed by atoms with Gasteiger partial charge in [0.15, 0.2) is 11.2 Å². The van der Waals surface area contributed by atoms with Gasteiger partial charge in [-0.1, -0.05) is 29.8 Å². The second kappa shape index (κ2) is 6.16. The van der Waals surface area contributed by atoms with Crippen molar-refractivity contribution in [1.82, 2.24) is 18.7 Å². The van der Waals surface area contributed by atoms with Crippen LogP contribution in [0.3, 0.4) is 0 Å². The summed E-state index contributed by atoms with van der Waals surface area (Å²) >= 11 is 0. The number of aryl methyl sites for hydroxylation is 2. The highest BCUT2D eigenvalue weighted by Gasteiger charge is 2.24. The molecule has 1 aromatic carbocycles. The summed E-state index contributed by atoms with van der Waals surface area (Å²) in [4.78, 5) is 32.1. The molecule has 0 spiro atoms. The molecule has 136 valence electrons. The number of imidazole rings is 1. The van der Waals surface area contributed by atoms with Crippen LogP contribution in [-0.4, -0.2) is 31.8 Å². The van der Waals surface area contributed by atoms with Crippen LogP contribution in [0, 0.1) is 6.92 Å². The van der Waals surface area contributed by atoms with E-state index in [2.05, 4.69) is 30.0 Å². The van der Waals surface area contributed by atoms with Gasteiger partial charge in [0.25, 0.3) is 5.56 Å². The molecule has 0 aliphatic carbocycles. The van der Waals surface area contributed by atoms with E-state index in [1.807, 2.05) is 10.6 Å². The van der Waals surface area contributed by atoms with Gasteiger partial charge < -0.3 is 4.90 Å². The highest BCUT2D eigenvalue weighted by Crippen LogP contribution is 2.24. The molecule has 0 atom stereocenters. The summed E-state index contributed by atoms with van der Waals surface area (Å²) in [5.74, 6) is 0.775. The van der Waals surface area contributed by atoms with Gasteiger partial charge in [0, 0.05) is 27.2 Å². The fourth-order valence-corrected chi connectivity index (χ4v) is 3.74. The van der Waals surface area contributed by atoms with E-state index in [-0.39, 0.29) is 11.2 Å². The molecule has 1 saturated heterocycles. The minimum atomic E-state index is -0.351. The van der Waals surface area contributed by atoms with Gasteiger partial charge >= 0.3 is 5.69 Å². The van der Waals surface area contributed by atoms with E-state index in [9.17, 15) is 9.59 Å². The van der Waals surface area contributed by atoms with Crippen molar-refractivity contribution in [2.24, 2.45) is 14.1 Å². The maximum Gasteiger partial charge on any atom is 0.332 e. The predicted molar refractivity (Wildman–Crippen MR) is 102 cm³/mol. The number of hydrogen-bond donors (Lipinski definition) is 0. The number of fused-ring (bicyclic) bond motifs is 1. The zero-order valence-corrected chi connectivity index (χ0v) is 15.4. The number of anilines is 1. The lowest BCUT2D eigenvalue weighted by atomic mass is 10.1. The van der Waals surface area contributed by atoms with Crippen molar-refractivity contribution >= 4 is 17.1 Å². The first-order chi connectivity index (χ1) is 12.5. The van der Waals surface area contributed by atoms with Crippen molar-refractivity contribution in [3.05, 3.63) is 56.2 Å². The fraction of sp³-hybridized carbons (Fsp3) is 0.421. The van der Waals surface area contributed by atoms with Crippen molar-refractivity contribution in [2.45, 2.75) is 26.3 Å². The monoisotopic (exact) mass is 353 g/mol. The zero-order valence-electron chi connectivity index (χ0n) is 15.4. The highest BCUT2D eigenvalue weighted by molar-refractivity contribution is 5.75. The highest BCUT2D eigenvalue weighted by atomic mass is 16.2. The molecule has 1 aliphatic heterocycles. The first kappa shape index (κ1) is 16.6. The SMILES string of the molecule is Cc1cccc(Cn2c(N3CCCC3)nc3c2c(=O)n(C)c(=O)n3C)c1. The fourth-order valence-electron chi connectivity index (χ4n) is 3.74. The van der Waals surface area contributed by atoms with Crippen molar-refractivity contribution in [3.63, 3.8) is 0 Å². The summed E-state index contributed by atoms with van der Waals surface area (Å²) in [7, 11) is 3.19. The normalized spacial score (nSPS) is 14.5. The molecule has 7 heteroatoms. The van der Waals surface area contributed by atoms with Crippen molar-refractivity contribution < 1.29 is 0 Å². The minimum Gasteiger partial charge on any atom is -0.342 e. The number of hydrogen-bond acceptors (Lipinski definition) is 4. The maximum atomic E-state index is 12.9. The second-order valence-corrected chi connectivity index (χ2v) is 7.06. The smallest absolute Gasteiger partial charge is 0.332 e. The van der Waals surface area contributed by atoms with Crippen LogP contribution in [-0.2, 0) is 20.6 Å². The standard InChI is InChI=1S/C19H23N5O2/c1-13-7-6-8-14(11-13)12-24-15-16(20-18(24)23-9-4-5-10-23)21(2)19(26)22(3)17(15)25/h6-8,11H,4-5,9-10,12H2,1-3H3. The quantitative estimate of drug-likeness (QED) is 0.714. The Morgan fingerprint density at radius 2 is 1.81 bits per heavy atom. The first-order valence-corrected chi connectivity index (χ1v) is 8.94. The van der Waals surface area contributed by atoms with Crippen LogP contribution in [0.25, 0.3) is 11.2 Å². The van der Waals surface area contributed by atoms with Gasteiger partial charge in [-0.2, -0.15) is 4.98 Å². The van der Waals surface area contributed by atoms with Gasteiger partial charge in [-0.25, -0.2) is 4.79 Å². The molecule has 2 aromatic heterocycles. The number of nitrogens with zero attached hydrogens (tertiary/aromatic N) is 5. The van der Waals surface area contributed by atoms with E-state index in [1.54, 1.807) is 7.05 Å². The third kappa shape index (κ3) is 2.55. The number of benzene rings is 1. The molecule has 4 rings (SSSR count). The summed E-state index contributed by atoms with van der Waals surface area (Å²) in [6.07, 6.45) is 2.23. The van der Waals surface area contributed by atoms with Gasteiger partial charge in [0.1, 0.15) is 0 Å². The summed E-state index contributed by atoms with van der Waals surface area (Å²) in [6, 6.07) is 8.25. The van der Waals surface area contributed by atoms with Crippen LogP contribution < -0.4 is 16.1 Å². The Labute approximate surface area is 151 Å². The third-order valence-corrected chi connectivity index (χ3v) is 5.14. The molecule has 1 aliphatic rings. The Kier molecular flexibility index (Phi) is 3.94. The second-order valence-electron chi connectivity index (χ2n) is 7.06. The summed E-state index contributed by atoms with van der Waals surface area (Å²) in [5.41, 5.74) is 2.57. The van der Waals surface area contributed by atoms with Gasteiger partial charge in [-0.3, -0.25) is 18.5 Å².